The minimum Gasteiger partial charge on any atom is -0.496 e. The van der Waals surface area contributed by atoms with Crippen LogP contribution < -0.4 is 111 Å². The average Bonchev–Trinajstić information content (AvgIpc) is 0.908. The van der Waals surface area contributed by atoms with E-state index in [4.69, 9.17) is 63.8 Å². The lowest BCUT2D eigenvalue weighted by molar-refractivity contribution is -0.126. The summed E-state index contributed by atoms with van der Waals surface area (Å²) in [5, 5.41) is 55.0. The highest BCUT2D eigenvalue weighted by molar-refractivity contribution is 6.08. The summed E-state index contributed by atoms with van der Waals surface area (Å²) in [7, 11) is 5.30. The van der Waals surface area contributed by atoms with Crippen molar-refractivity contribution in [2.24, 2.45) is 28.7 Å². The Morgan fingerprint density at radius 1 is 0.398 bits per heavy atom. The third-order valence-corrected chi connectivity index (χ3v) is 13.7. The van der Waals surface area contributed by atoms with E-state index in [1.165, 1.54) is 108 Å². The van der Waals surface area contributed by atoms with E-state index < -0.39 is 71.4 Å². The van der Waals surface area contributed by atoms with E-state index in [0.29, 0.717) is 19.4 Å². The fourth-order valence-corrected chi connectivity index (χ4v) is 8.98. The van der Waals surface area contributed by atoms with Gasteiger partial charge in [-0.1, -0.05) is 0 Å². The number of ether oxygens (including phenoxy) is 4. The SMILES string of the molecule is COc1ccc(NC(=O)[C@@H](CCCNC(=N)N)NC(=O)c2cc(NC(=O)[C@@H](CCCNC(=N)N)NC(=O)c3cc(NC(=O)[C@@H](CCCNC(=N)N)NC(=O)c4cc(NC(=O)[C@@H](C)NC(=O)CCCCN)ccc4OC)ccc3OC)ccc2OC)cc1C(=O)NCCN. The highest BCUT2D eigenvalue weighted by Crippen LogP contribution is 2.28. The third kappa shape index (κ3) is 24.7. The van der Waals surface area contributed by atoms with Gasteiger partial charge in [-0.05, 0) is 138 Å². The molecule has 9 amide bonds. The number of anilines is 4. The van der Waals surface area contributed by atoms with Gasteiger partial charge < -0.3 is 111 Å². The molecule has 0 aliphatic heterocycles. The highest BCUT2D eigenvalue weighted by atomic mass is 16.5. The lowest BCUT2D eigenvalue weighted by atomic mass is 10.1. The molecule has 0 aromatic heterocycles. The number of carbonyl (C=O) groups excluding carboxylic acids is 9. The largest absolute Gasteiger partial charge is 0.496 e. The molecule has 0 unspecified atom stereocenters. The van der Waals surface area contributed by atoms with Crippen LogP contribution in [0, 0.1) is 16.2 Å². The molecule has 0 aliphatic rings. The van der Waals surface area contributed by atoms with Crippen molar-refractivity contribution in [1.82, 2.24) is 42.5 Å². The van der Waals surface area contributed by atoms with Gasteiger partial charge in [-0.2, -0.15) is 0 Å². The number of guanidine groups is 3. The van der Waals surface area contributed by atoms with Gasteiger partial charge in [0.2, 0.25) is 29.5 Å². The number of benzene rings is 4. The van der Waals surface area contributed by atoms with Crippen LogP contribution in [0.4, 0.5) is 22.7 Å². The van der Waals surface area contributed by atoms with Crippen molar-refractivity contribution < 1.29 is 62.1 Å². The number of nitrogens with two attached hydrogens (primary N) is 5. The predicted molar refractivity (Wildman–Crippen MR) is 350 cm³/mol. The van der Waals surface area contributed by atoms with Gasteiger partial charge in [-0.15, -0.1) is 0 Å². The molecule has 0 aliphatic carbocycles. The number of hydrogen-bond acceptors (Lipinski definition) is 18. The lowest BCUT2D eigenvalue weighted by Crippen LogP contribution is -2.45. The molecule has 0 saturated carbocycles. The van der Waals surface area contributed by atoms with Crippen molar-refractivity contribution in [3.8, 4) is 23.0 Å². The Labute approximate surface area is 537 Å². The van der Waals surface area contributed by atoms with E-state index in [-0.39, 0.29) is 169 Å². The highest BCUT2D eigenvalue weighted by Gasteiger charge is 2.29. The number of rotatable bonds is 38. The van der Waals surface area contributed by atoms with Gasteiger partial charge in [0.15, 0.2) is 17.9 Å². The average molecular weight is 1300 g/mol. The molecule has 4 rings (SSSR count). The standard InChI is InChI=1S/C60H86N20O13/c1-33(73-49(81)14-6-7-23-61)50(82)74-34-15-20-46(91-3)39(30-34)52(84)78-43(12-9-26-71-59(65)66)56(88)76-36-17-22-48(93-5)41(32-36)54(86)80-44(13-10-27-72-60(67)68)57(89)77-37-18-21-47(92-4)40(31-37)53(85)79-42(11-8-25-70-58(63)64)55(87)75-35-16-19-45(90-2)38(29-35)51(83)69-28-24-62/h15-22,29-33,42-44H,6-14,23-28,61-62H2,1-5H3,(H,69,83)(H,73,81)(H,74,82)(H,75,87)(H,76,88)(H,77,89)(H,78,84)(H,79,85)(H,80,86)(H4,63,64,70)(H4,65,66,71)(H4,67,68,72)/t33-,42-,43-,44-/m1/s1. The molecule has 0 saturated heterocycles. The number of unbranched alkanes of at least 4 members (excludes halogenated alkanes) is 1. The molecule has 33 nitrogen and oxygen atoms in total. The minimum atomic E-state index is -1.33. The van der Waals surface area contributed by atoms with Gasteiger partial charge in [0.25, 0.3) is 23.6 Å². The Hall–Kier alpha value is -11.0. The van der Waals surface area contributed by atoms with Crippen LogP contribution in [0.5, 0.6) is 23.0 Å². The van der Waals surface area contributed by atoms with E-state index in [0.717, 1.165) is 0 Å². The zero-order valence-corrected chi connectivity index (χ0v) is 52.5. The molecule has 504 valence electrons. The molecule has 0 heterocycles. The monoisotopic (exact) mass is 1290 g/mol. The molecule has 4 atom stereocenters. The lowest BCUT2D eigenvalue weighted by Gasteiger charge is -2.22. The Balaban J connectivity index is 1.60. The molecule has 0 fully saturated rings. The first-order chi connectivity index (χ1) is 44.4. The molecule has 0 bridgehead atoms. The predicted octanol–water partition coefficient (Wildman–Crippen LogP) is -0.0172. The van der Waals surface area contributed by atoms with Crippen molar-refractivity contribution in [2.45, 2.75) is 88.9 Å². The first kappa shape index (κ1) is 74.5. The van der Waals surface area contributed by atoms with Crippen LogP contribution in [0.3, 0.4) is 0 Å². The quantitative estimate of drug-likeness (QED) is 0.0159. The maximum absolute atomic E-state index is 14.4. The van der Waals surface area contributed by atoms with Crippen molar-refractivity contribution in [1.29, 1.82) is 16.2 Å². The second kappa shape index (κ2) is 38.6. The van der Waals surface area contributed by atoms with Gasteiger partial charge in [0.05, 0.1) is 50.7 Å². The molecule has 0 spiro atoms. The van der Waals surface area contributed by atoms with E-state index in [9.17, 15) is 43.2 Å². The number of amides is 9. The van der Waals surface area contributed by atoms with Crippen molar-refractivity contribution in [2.75, 3.05) is 89.0 Å². The molecule has 4 aromatic carbocycles. The van der Waals surface area contributed by atoms with Crippen LogP contribution >= 0.6 is 0 Å². The smallest absolute Gasteiger partial charge is 0.255 e. The van der Waals surface area contributed by atoms with Crippen LogP contribution in [-0.2, 0) is 24.0 Å². The fraction of sp³-hybridized carbons (Fsp3) is 0.400. The van der Waals surface area contributed by atoms with E-state index in [2.05, 4.69) is 63.8 Å². The summed E-state index contributed by atoms with van der Waals surface area (Å²) in [5.74, 6) is -6.67. The minimum absolute atomic E-state index is 0.0109. The second-order valence-electron chi connectivity index (χ2n) is 20.7. The Bertz CT molecular complexity index is 3310. The number of hydrogen-bond donors (Lipinski definition) is 20. The summed E-state index contributed by atoms with van der Waals surface area (Å²) < 4.78 is 21.9. The van der Waals surface area contributed by atoms with E-state index in [1.807, 2.05) is 0 Å². The van der Waals surface area contributed by atoms with Crippen LogP contribution in [0.15, 0.2) is 72.8 Å². The molecule has 33 heteroatoms. The zero-order chi connectivity index (χ0) is 68.6. The number of carbonyl (C=O) groups is 9. The summed E-state index contributed by atoms with van der Waals surface area (Å²) in [6.45, 7) is 2.69. The summed E-state index contributed by atoms with van der Waals surface area (Å²) in [5.41, 5.74) is 27.8. The first-order valence-corrected chi connectivity index (χ1v) is 29.6. The first-order valence-electron chi connectivity index (χ1n) is 29.6. The zero-order valence-electron chi connectivity index (χ0n) is 52.5. The van der Waals surface area contributed by atoms with Gasteiger partial charge in [0.1, 0.15) is 47.2 Å². The third-order valence-electron chi connectivity index (χ3n) is 13.7. The summed E-state index contributed by atoms with van der Waals surface area (Å²) in [4.78, 5) is 124. The Kier molecular flexibility index (Phi) is 30.9. The summed E-state index contributed by atoms with van der Waals surface area (Å²) in [6, 6.07) is 12.1. The maximum atomic E-state index is 14.4. The van der Waals surface area contributed by atoms with Crippen LogP contribution in [0.2, 0.25) is 0 Å². The van der Waals surface area contributed by atoms with Gasteiger partial charge in [-0.3, -0.25) is 59.4 Å². The van der Waals surface area contributed by atoms with Crippen molar-refractivity contribution in [3.05, 3.63) is 95.1 Å². The second-order valence-corrected chi connectivity index (χ2v) is 20.7. The van der Waals surface area contributed by atoms with Gasteiger partial charge in [0, 0.05) is 61.9 Å². The van der Waals surface area contributed by atoms with Gasteiger partial charge in [-0.25, -0.2) is 0 Å². The van der Waals surface area contributed by atoms with Crippen molar-refractivity contribution >= 4 is 93.8 Å². The number of nitrogens with one attached hydrogen (secondary N) is 15. The Morgan fingerprint density at radius 2 is 0.710 bits per heavy atom. The summed E-state index contributed by atoms with van der Waals surface area (Å²) in [6.07, 6.45) is 1.97. The normalized spacial score (nSPS) is 11.9. The molecule has 93 heavy (non-hydrogen) atoms. The van der Waals surface area contributed by atoms with Crippen LogP contribution in [-0.4, -0.2) is 163 Å². The van der Waals surface area contributed by atoms with E-state index in [1.54, 1.807) is 0 Å². The summed E-state index contributed by atoms with van der Waals surface area (Å²) >= 11 is 0. The van der Waals surface area contributed by atoms with Crippen molar-refractivity contribution in [3.63, 3.8) is 0 Å². The molecule has 0 radical (unpaired) electrons. The fourth-order valence-electron chi connectivity index (χ4n) is 8.98. The molecular weight excluding hydrogens is 1210 g/mol. The van der Waals surface area contributed by atoms with Crippen LogP contribution in [0.25, 0.3) is 0 Å². The maximum Gasteiger partial charge on any atom is 0.255 e. The Morgan fingerprint density at radius 3 is 1.00 bits per heavy atom. The van der Waals surface area contributed by atoms with Gasteiger partial charge >= 0.3 is 0 Å². The van der Waals surface area contributed by atoms with Crippen LogP contribution in [0.1, 0.15) is 106 Å². The number of methoxy groups -OCH3 is 4. The molecule has 4 aromatic rings. The molecular formula is C60H86N20O13. The molecule has 25 N–H and O–H groups in total. The van der Waals surface area contributed by atoms with E-state index >= 15 is 0 Å². The topological polar surface area (TPSA) is 537 Å².